The number of esters is 1. The number of hydrogen-bond donors (Lipinski definition) is 0. The molecule has 0 heterocycles. The first-order valence-corrected chi connectivity index (χ1v) is 9.32. The molecule has 0 saturated heterocycles. The van der Waals surface area contributed by atoms with Crippen LogP contribution in [-0.2, 0) is 9.53 Å². The van der Waals surface area contributed by atoms with E-state index in [1.807, 2.05) is 25.1 Å². The predicted molar refractivity (Wildman–Crippen MR) is 97.4 cm³/mol. The molecule has 0 bridgehead atoms. The van der Waals surface area contributed by atoms with Gasteiger partial charge >= 0.3 is 5.97 Å². The molecule has 1 fully saturated rings. The summed E-state index contributed by atoms with van der Waals surface area (Å²) in [5.74, 6) is 1.31. The zero-order valence-corrected chi connectivity index (χ0v) is 15.0. The van der Waals surface area contributed by atoms with Crippen molar-refractivity contribution in [3.63, 3.8) is 0 Å². The maximum Gasteiger partial charge on any atom is 0.330 e. The maximum atomic E-state index is 11.8. The Balaban J connectivity index is 1.74. The van der Waals surface area contributed by atoms with E-state index in [9.17, 15) is 4.79 Å². The topological polar surface area (TPSA) is 35.5 Å². The van der Waals surface area contributed by atoms with E-state index in [1.54, 1.807) is 6.08 Å². The van der Waals surface area contributed by atoms with Crippen molar-refractivity contribution in [1.82, 2.24) is 0 Å². The van der Waals surface area contributed by atoms with Crippen molar-refractivity contribution in [2.24, 2.45) is 0 Å². The van der Waals surface area contributed by atoms with Crippen LogP contribution in [0.2, 0.25) is 0 Å². The lowest BCUT2D eigenvalue weighted by molar-refractivity contribution is -0.144. The van der Waals surface area contributed by atoms with E-state index >= 15 is 0 Å². The number of hydrogen-bond acceptors (Lipinski definition) is 3. The molecule has 0 radical (unpaired) electrons. The summed E-state index contributed by atoms with van der Waals surface area (Å²) in [5, 5.41) is 0. The van der Waals surface area contributed by atoms with Gasteiger partial charge in [0.2, 0.25) is 0 Å². The van der Waals surface area contributed by atoms with Gasteiger partial charge < -0.3 is 9.47 Å². The standard InChI is InChI=1S/C21H30O3/c1-3-5-6-7-8-21(22)24-20-15-11-18(12-16-20)17-9-13-19(14-10-17)23-4-2/h7-10,13-14,18,20H,3-6,11-12,15-16H2,1-2H3/b8-7+. The molecule has 0 amide bonds. The lowest BCUT2D eigenvalue weighted by Gasteiger charge is -2.28. The molecule has 1 aliphatic carbocycles. The van der Waals surface area contributed by atoms with E-state index in [4.69, 9.17) is 9.47 Å². The Morgan fingerprint density at radius 1 is 1.12 bits per heavy atom. The fourth-order valence-corrected chi connectivity index (χ4v) is 3.22. The first-order valence-electron chi connectivity index (χ1n) is 9.32. The molecule has 0 unspecified atom stereocenters. The summed E-state index contributed by atoms with van der Waals surface area (Å²) in [6.07, 6.45) is 10.9. The molecule has 0 aliphatic heterocycles. The minimum atomic E-state index is -0.185. The number of carbonyl (C=O) groups is 1. The fourth-order valence-electron chi connectivity index (χ4n) is 3.22. The normalized spacial score (nSPS) is 20.9. The van der Waals surface area contributed by atoms with Gasteiger partial charge in [0.1, 0.15) is 11.9 Å². The average molecular weight is 330 g/mol. The second-order valence-electron chi connectivity index (χ2n) is 6.46. The van der Waals surface area contributed by atoms with E-state index in [2.05, 4.69) is 19.1 Å². The zero-order chi connectivity index (χ0) is 17.2. The molecule has 0 atom stereocenters. The molecule has 1 aromatic carbocycles. The Bertz CT molecular complexity index is 510. The van der Waals surface area contributed by atoms with E-state index in [1.165, 1.54) is 5.56 Å². The summed E-state index contributed by atoms with van der Waals surface area (Å²) in [6.45, 7) is 4.84. The number of rotatable bonds is 8. The number of benzene rings is 1. The second-order valence-corrected chi connectivity index (χ2v) is 6.46. The van der Waals surface area contributed by atoms with Gasteiger partial charge in [0, 0.05) is 6.08 Å². The molecule has 24 heavy (non-hydrogen) atoms. The summed E-state index contributed by atoms with van der Waals surface area (Å²) in [5.41, 5.74) is 1.36. The van der Waals surface area contributed by atoms with Crippen molar-refractivity contribution < 1.29 is 14.3 Å². The van der Waals surface area contributed by atoms with Crippen LogP contribution in [0.5, 0.6) is 5.75 Å². The summed E-state index contributed by atoms with van der Waals surface area (Å²) in [6, 6.07) is 8.43. The third-order valence-corrected chi connectivity index (χ3v) is 4.60. The highest BCUT2D eigenvalue weighted by atomic mass is 16.5. The average Bonchev–Trinajstić information content (AvgIpc) is 2.60. The minimum Gasteiger partial charge on any atom is -0.494 e. The quantitative estimate of drug-likeness (QED) is 0.363. The van der Waals surface area contributed by atoms with Crippen LogP contribution >= 0.6 is 0 Å². The highest BCUT2D eigenvalue weighted by molar-refractivity contribution is 5.82. The molecular formula is C21H30O3. The summed E-state index contributed by atoms with van der Waals surface area (Å²) >= 11 is 0. The lowest BCUT2D eigenvalue weighted by Crippen LogP contribution is -2.23. The summed E-state index contributed by atoms with van der Waals surface area (Å²) in [4.78, 5) is 11.8. The Labute approximate surface area is 146 Å². The molecule has 3 heteroatoms. The van der Waals surface area contributed by atoms with Crippen LogP contribution in [-0.4, -0.2) is 18.7 Å². The number of ether oxygens (including phenoxy) is 2. The highest BCUT2D eigenvalue weighted by Crippen LogP contribution is 2.34. The first kappa shape index (κ1) is 18.6. The largest absolute Gasteiger partial charge is 0.494 e. The van der Waals surface area contributed by atoms with Crippen LogP contribution in [0.1, 0.15) is 70.3 Å². The molecule has 0 aromatic heterocycles. The smallest absolute Gasteiger partial charge is 0.330 e. The van der Waals surface area contributed by atoms with Crippen LogP contribution in [0.4, 0.5) is 0 Å². The molecule has 1 aromatic rings. The molecule has 0 spiro atoms. The highest BCUT2D eigenvalue weighted by Gasteiger charge is 2.24. The monoisotopic (exact) mass is 330 g/mol. The Kier molecular flexibility index (Phi) is 7.87. The van der Waals surface area contributed by atoms with Gasteiger partial charge in [0.25, 0.3) is 0 Å². The third kappa shape index (κ3) is 6.03. The van der Waals surface area contributed by atoms with Crippen molar-refractivity contribution in [1.29, 1.82) is 0 Å². The van der Waals surface area contributed by atoms with Gasteiger partial charge in [0.05, 0.1) is 6.61 Å². The van der Waals surface area contributed by atoms with Gasteiger partial charge in [-0.2, -0.15) is 0 Å². The number of allylic oxidation sites excluding steroid dienone is 1. The van der Waals surface area contributed by atoms with Crippen molar-refractivity contribution in [2.75, 3.05) is 6.61 Å². The van der Waals surface area contributed by atoms with E-state index in [-0.39, 0.29) is 12.1 Å². The third-order valence-electron chi connectivity index (χ3n) is 4.60. The summed E-state index contributed by atoms with van der Waals surface area (Å²) < 4.78 is 11.1. The Morgan fingerprint density at radius 2 is 1.83 bits per heavy atom. The maximum absolute atomic E-state index is 11.8. The van der Waals surface area contributed by atoms with Crippen molar-refractivity contribution in [3.8, 4) is 5.75 Å². The van der Waals surface area contributed by atoms with Crippen LogP contribution in [0, 0.1) is 0 Å². The lowest BCUT2D eigenvalue weighted by atomic mass is 9.83. The minimum absolute atomic E-state index is 0.0762. The van der Waals surface area contributed by atoms with E-state index < -0.39 is 0 Å². The SMILES string of the molecule is CCCC/C=C/C(=O)OC1CCC(c2ccc(OCC)cc2)CC1. The molecule has 1 saturated carbocycles. The van der Waals surface area contributed by atoms with Crippen LogP contribution < -0.4 is 4.74 Å². The van der Waals surface area contributed by atoms with Gasteiger partial charge in [-0.15, -0.1) is 0 Å². The van der Waals surface area contributed by atoms with Gasteiger partial charge in [0.15, 0.2) is 0 Å². The molecule has 0 N–H and O–H groups in total. The molecule has 1 aliphatic rings. The summed E-state index contributed by atoms with van der Waals surface area (Å²) in [7, 11) is 0. The fraction of sp³-hybridized carbons (Fsp3) is 0.571. The first-order chi connectivity index (χ1) is 11.7. The number of carbonyl (C=O) groups excluding carboxylic acids is 1. The van der Waals surface area contributed by atoms with E-state index in [0.29, 0.717) is 12.5 Å². The van der Waals surface area contributed by atoms with Crippen LogP contribution in [0.3, 0.4) is 0 Å². The molecule has 132 valence electrons. The Morgan fingerprint density at radius 3 is 2.46 bits per heavy atom. The van der Waals surface area contributed by atoms with E-state index in [0.717, 1.165) is 50.7 Å². The van der Waals surface area contributed by atoms with Crippen molar-refractivity contribution in [3.05, 3.63) is 42.0 Å². The number of unbranched alkanes of at least 4 members (excludes halogenated alkanes) is 2. The second kappa shape index (κ2) is 10.2. The molecule has 2 rings (SSSR count). The van der Waals surface area contributed by atoms with Crippen molar-refractivity contribution in [2.45, 2.75) is 70.8 Å². The van der Waals surface area contributed by atoms with Gasteiger partial charge in [-0.1, -0.05) is 38.0 Å². The molecule has 3 nitrogen and oxygen atoms in total. The van der Waals surface area contributed by atoms with Gasteiger partial charge in [-0.25, -0.2) is 4.79 Å². The van der Waals surface area contributed by atoms with Crippen molar-refractivity contribution >= 4 is 5.97 Å². The predicted octanol–water partition coefficient (Wildman–Crippen LogP) is 5.40. The van der Waals surface area contributed by atoms with Gasteiger partial charge in [-0.3, -0.25) is 0 Å². The van der Waals surface area contributed by atoms with Crippen LogP contribution in [0.25, 0.3) is 0 Å². The van der Waals surface area contributed by atoms with Gasteiger partial charge in [-0.05, 0) is 62.6 Å². The zero-order valence-electron chi connectivity index (χ0n) is 15.0. The Hall–Kier alpha value is -1.77. The van der Waals surface area contributed by atoms with Crippen LogP contribution in [0.15, 0.2) is 36.4 Å². The molecular weight excluding hydrogens is 300 g/mol.